The highest BCUT2D eigenvalue weighted by molar-refractivity contribution is 7.99. The van der Waals surface area contributed by atoms with Gasteiger partial charge in [0, 0.05) is 17.8 Å². The molecular weight excluding hydrogens is 426 g/mol. The number of hydrogen-bond acceptors (Lipinski definition) is 10. The number of rotatable bonds is 8. The summed E-state index contributed by atoms with van der Waals surface area (Å²) in [7, 11) is 1.29. The van der Waals surface area contributed by atoms with Gasteiger partial charge in [0.1, 0.15) is 12.6 Å². The van der Waals surface area contributed by atoms with Crippen molar-refractivity contribution in [2.45, 2.75) is 18.1 Å². The maximum Gasteiger partial charge on any atom is 0.338 e. The summed E-state index contributed by atoms with van der Waals surface area (Å²) < 4.78 is 11.4. The SMILES string of the molecule is C=CCOC(=O)C1=C(C)Nc2nc(SCC(=O)OC)nn2[C@@H]1c1ccc([N+](=O)[O-])cc1. The van der Waals surface area contributed by atoms with Crippen molar-refractivity contribution in [3.05, 3.63) is 63.9 Å². The van der Waals surface area contributed by atoms with E-state index < -0.39 is 22.9 Å². The number of nitrogens with zero attached hydrogens (tertiary/aromatic N) is 4. The first-order chi connectivity index (χ1) is 14.8. The Morgan fingerprint density at radius 3 is 2.71 bits per heavy atom. The molecule has 1 N–H and O–H groups in total. The van der Waals surface area contributed by atoms with E-state index in [1.165, 1.54) is 30.0 Å². The highest BCUT2D eigenvalue weighted by Gasteiger charge is 2.35. The van der Waals surface area contributed by atoms with Gasteiger partial charge < -0.3 is 14.8 Å². The Balaban J connectivity index is 2.03. The molecule has 12 heteroatoms. The van der Waals surface area contributed by atoms with Gasteiger partial charge in [-0.3, -0.25) is 14.9 Å². The number of nitro benzene ring substituents is 1. The van der Waals surface area contributed by atoms with E-state index in [4.69, 9.17) is 4.74 Å². The normalized spacial score (nSPS) is 15.0. The van der Waals surface area contributed by atoms with Gasteiger partial charge in [-0.05, 0) is 24.6 Å². The Morgan fingerprint density at radius 2 is 2.10 bits per heavy atom. The number of nitro groups is 1. The van der Waals surface area contributed by atoms with E-state index in [1.807, 2.05) is 0 Å². The molecule has 3 rings (SSSR count). The predicted octanol–water partition coefficient (Wildman–Crippen LogP) is 2.47. The zero-order valence-electron chi connectivity index (χ0n) is 16.7. The van der Waals surface area contributed by atoms with Gasteiger partial charge in [0.15, 0.2) is 0 Å². The first kappa shape index (κ1) is 22.0. The molecule has 0 amide bonds. The third-order valence-electron chi connectivity index (χ3n) is 4.35. The van der Waals surface area contributed by atoms with E-state index in [0.717, 1.165) is 11.8 Å². The molecule has 1 aromatic carbocycles. The molecule has 11 nitrogen and oxygen atoms in total. The molecule has 1 atom stereocenters. The number of fused-ring (bicyclic) bond motifs is 1. The Labute approximate surface area is 181 Å². The summed E-state index contributed by atoms with van der Waals surface area (Å²) in [6, 6.07) is 5.06. The highest BCUT2D eigenvalue weighted by atomic mass is 32.2. The van der Waals surface area contributed by atoms with Crippen molar-refractivity contribution in [3.63, 3.8) is 0 Å². The van der Waals surface area contributed by atoms with Crippen LogP contribution in [0.5, 0.6) is 0 Å². The Hall–Kier alpha value is -3.67. The van der Waals surface area contributed by atoms with Crippen LogP contribution in [0, 0.1) is 10.1 Å². The largest absolute Gasteiger partial charge is 0.468 e. The Morgan fingerprint density at radius 1 is 1.39 bits per heavy atom. The number of thioether (sulfide) groups is 1. The monoisotopic (exact) mass is 445 g/mol. The lowest BCUT2D eigenvalue weighted by Crippen LogP contribution is -2.29. The summed E-state index contributed by atoms with van der Waals surface area (Å²) in [4.78, 5) is 39.1. The molecule has 0 saturated carbocycles. The molecule has 0 saturated heterocycles. The van der Waals surface area contributed by atoms with E-state index in [-0.39, 0.29) is 23.6 Å². The van der Waals surface area contributed by atoms with Crippen LogP contribution >= 0.6 is 11.8 Å². The number of allylic oxidation sites excluding steroid dienone is 1. The van der Waals surface area contributed by atoms with Crippen LogP contribution in [0.3, 0.4) is 0 Å². The zero-order chi connectivity index (χ0) is 22.5. The summed E-state index contributed by atoms with van der Waals surface area (Å²) in [5.41, 5.74) is 1.27. The molecule has 1 aliphatic rings. The molecule has 0 aliphatic carbocycles. The fourth-order valence-corrected chi connectivity index (χ4v) is 3.60. The van der Waals surface area contributed by atoms with Crippen LogP contribution in [-0.2, 0) is 19.1 Å². The number of carbonyl (C=O) groups is 2. The number of esters is 2. The van der Waals surface area contributed by atoms with Gasteiger partial charge in [-0.15, -0.1) is 5.10 Å². The lowest BCUT2D eigenvalue weighted by molar-refractivity contribution is -0.384. The van der Waals surface area contributed by atoms with Gasteiger partial charge in [0.2, 0.25) is 11.1 Å². The minimum Gasteiger partial charge on any atom is -0.468 e. The first-order valence-corrected chi connectivity index (χ1v) is 10.0. The standard InChI is InChI=1S/C19H19N5O6S/c1-4-9-30-17(26)15-11(2)20-18-21-19(31-10-14(25)29-3)22-23(18)16(15)12-5-7-13(8-6-12)24(27)28/h4-8,16H,1,9-10H2,2-3H3,(H,20,21,22)/t16-/m1/s1. The van der Waals surface area contributed by atoms with Crippen molar-refractivity contribution in [1.29, 1.82) is 0 Å². The lowest BCUT2D eigenvalue weighted by Gasteiger charge is -2.28. The topological polar surface area (TPSA) is 138 Å². The Kier molecular flexibility index (Phi) is 6.70. The number of methoxy groups -OCH3 is 1. The van der Waals surface area contributed by atoms with Crippen molar-refractivity contribution >= 4 is 35.3 Å². The van der Waals surface area contributed by atoms with Crippen LogP contribution < -0.4 is 5.32 Å². The van der Waals surface area contributed by atoms with Crippen LogP contribution in [0.4, 0.5) is 11.6 Å². The van der Waals surface area contributed by atoms with Gasteiger partial charge in [-0.2, -0.15) is 4.98 Å². The lowest BCUT2D eigenvalue weighted by atomic mass is 9.95. The number of hydrogen-bond donors (Lipinski definition) is 1. The molecule has 0 radical (unpaired) electrons. The molecule has 2 heterocycles. The third kappa shape index (κ3) is 4.74. The van der Waals surface area contributed by atoms with Gasteiger partial charge in [0.25, 0.3) is 5.69 Å². The first-order valence-electron chi connectivity index (χ1n) is 9.02. The molecule has 0 spiro atoms. The van der Waals surface area contributed by atoms with Gasteiger partial charge in [-0.25, -0.2) is 9.48 Å². The minimum absolute atomic E-state index is 0.0167. The second-order valence-corrected chi connectivity index (χ2v) is 7.27. The molecule has 0 fully saturated rings. The van der Waals surface area contributed by atoms with Gasteiger partial charge >= 0.3 is 11.9 Å². The maximum atomic E-state index is 12.8. The number of anilines is 1. The average Bonchev–Trinajstić information content (AvgIpc) is 3.17. The van der Waals surface area contributed by atoms with Gasteiger partial charge in [0.05, 0.1) is 23.4 Å². The number of carbonyl (C=O) groups excluding carboxylic acids is 2. The van der Waals surface area contributed by atoms with Crippen molar-refractivity contribution in [3.8, 4) is 0 Å². The van der Waals surface area contributed by atoms with Crippen LogP contribution in [-0.4, -0.2) is 51.1 Å². The van der Waals surface area contributed by atoms with Crippen molar-refractivity contribution in [2.24, 2.45) is 0 Å². The second-order valence-electron chi connectivity index (χ2n) is 6.33. The molecule has 31 heavy (non-hydrogen) atoms. The molecule has 1 aromatic heterocycles. The maximum absolute atomic E-state index is 12.8. The molecule has 0 bridgehead atoms. The van der Waals surface area contributed by atoms with Gasteiger partial charge in [-0.1, -0.05) is 24.4 Å². The quantitative estimate of drug-likeness (QED) is 0.212. The summed E-state index contributed by atoms with van der Waals surface area (Å²) in [5, 5.41) is 18.8. The number of non-ortho nitro benzene ring substituents is 1. The summed E-state index contributed by atoms with van der Waals surface area (Å²) >= 11 is 1.08. The molecule has 0 unspecified atom stereocenters. The number of ether oxygens (including phenoxy) is 2. The summed E-state index contributed by atoms with van der Waals surface area (Å²) in [6.45, 7) is 5.26. The van der Waals surface area contributed by atoms with Crippen molar-refractivity contribution in [1.82, 2.24) is 14.8 Å². The average molecular weight is 445 g/mol. The smallest absolute Gasteiger partial charge is 0.338 e. The fourth-order valence-electron chi connectivity index (χ4n) is 2.94. The fraction of sp³-hybridized carbons (Fsp3) is 0.263. The van der Waals surface area contributed by atoms with E-state index in [2.05, 4.69) is 26.7 Å². The number of aromatic nitrogens is 3. The van der Waals surface area contributed by atoms with Crippen LogP contribution in [0.25, 0.3) is 0 Å². The molecule has 2 aromatic rings. The molecule has 162 valence electrons. The highest BCUT2D eigenvalue weighted by Crippen LogP contribution is 2.37. The minimum atomic E-state index is -0.741. The summed E-state index contributed by atoms with van der Waals surface area (Å²) in [5.74, 6) is -0.643. The summed E-state index contributed by atoms with van der Waals surface area (Å²) in [6.07, 6.45) is 1.45. The second kappa shape index (κ2) is 9.43. The predicted molar refractivity (Wildman–Crippen MR) is 111 cm³/mol. The van der Waals surface area contributed by atoms with E-state index in [1.54, 1.807) is 19.1 Å². The Bertz CT molecular complexity index is 1060. The van der Waals surface area contributed by atoms with Crippen LogP contribution in [0.15, 0.2) is 53.3 Å². The van der Waals surface area contributed by atoms with E-state index in [0.29, 0.717) is 22.4 Å². The molecule has 1 aliphatic heterocycles. The van der Waals surface area contributed by atoms with E-state index >= 15 is 0 Å². The molecular formula is C19H19N5O6S. The van der Waals surface area contributed by atoms with Crippen LogP contribution in [0.2, 0.25) is 0 Å². The number of benzene rings is 1. The third-order valence-corrected chi connectivity index (χ3v) is 5.16. The van der Waals surface area contributed by atoms with Crippen molar-refractivity contribution < 1.29 is 24.0 Å². The zero-order valence-corrected chi connectivity index (χ0v) is 17.5. The van der Waals surface area contributed by atoms with Crippen LogP contribution in [0.1, 0.15) is 18.5 Å². The number of nitrogens with one attached hydrogen (secondary N) is 1. The van der Waals surface area contributed by atoms with Crippen molar-refractivity contribution in [2.75, 3.05) is 24.8 Å². The van der Waals surface area contributed by atoms with E-state index in [9.17, 15) is 19.7 Å².